The summed E-state index contributed by atoms with van der Waals surface area (Å²) in [4.78, 5) is 23.1. The first kappa shape index (κ1) is 11.7. The highest BCUT2D eigenvalue weighted by Gasteiger charge is 2.13. The lowest BCUT2D eigenvalue weighted by molar-refractivity contribution is 0.101. The van der Waals surface area contributed by atoms with Crippen molar-refractivity contribution in [1.29, 1.82) is 0 Å². The van der Waals surface area contributed by atoms with Crippen molar-refractivity contribution in [2.75, 3.05) is 6.54 Å². The number of carbonyl (C=O) groups is 1. The maximum atomic E-state index is 11.9. The number of hydrogen-bond acceptors (Lipinski definition) is 3. The fraction of sp³-hybridized carbons (Fsp3) is 0.455. The molecule has 0 amide bonds. The van der Waals surface area contributed by atoms with Crippen LogP contribution in [0.25, 0.3) is 0 Å². The van der Waals surface area contributed by atoms with Gasteiger partial charge in [-0.25, -0.2) is 0 Å². The molecule has 1 heterocycles. The van der Waals surface area contributed by atoms with Gasteiger partial charge in [0.05, 0.1) is 5.56 Å². The van der Waals surface area contributed by atoms with Gasteiger partial charge in [-0.2, -0.15) is 0 Å². The predicted molar refractivity (Wildman–Crippen MR) is 59.2 cm³/mol. The molecule has 0 aliphatic heterocycles. The number of Topliss-reactive ketones (excluding diaryl/α,β-unsaturated/α-hetero) is 1. The Labute approximate surface area is 88.7 Å². The van der Waals surface area contributed by atoms with Crippen LogP contribution in [0, 0.1) is 6.92 Å². The molecule has 4 nitrogen and oxygen atoms in total. The normalized spacial score (nSPS) is 12.5. The first-order valence-corrected chi connectivity index (χ1v) is 4.92. The van der Waals surface area contributed by atoms with Gasteiger partial charge in [0, 0.05) is 18.3 Å². The van der Waals surface area contributed by atoms with E-state index >= 15 is 0 Å². The van der Waals surface area contributed by atoms with Crippen molar-refractivity contribution in [3.05, 3.63) is 33.7 Å². The quantitative estimate of drug-likeness (QED) is 0.750. The molecule has 0 aliphatic carbocycles. The van der Waals surface area contributed by atoms with Gasteiger partial charge < -0.3 is 10.3 Å². The molecule has 2 N–H and O–H groups in total. The Bertz CT molecular complexity index is 435. The monoisotopic (exact) mass is 208 g/mol. The van der Waals surface area contributed by atoms with E-state index in [0.29, 0.717) is 6.54 Å². The highest BCUT2D eigenvalue weighted by molar-refractivity contribution is 5.93. The molecule has 0 aliphatic rings. The van der Waals surface area contributed by atoms with Crippen LogP contribution in [0.15, 0.2) is 16.9 Å². The molecule has 0 bridgehead atoms. The lowest BCUT2D eigenvalue weighted by atomic mass is 10.1. The third-order valence-electron chi connectivity index (χ3n) is 2.48. The summed E-state index contributed by atoms with van der Waals surface area (Å²) in [7, 11) is 0. The summed E-state index contributed by atoms with van der Waals surface area (Å²) in [6.07, 6.45) is 0. The van der Waals surface area contributed by atoms with Crippen LogP contribution in [0.5, 0.6) is 0 Å². The lowest BCUT2D eigenvalue weighted by Crippen LogP contribution is -2.32. The summed E-state index contributed by atoms with van der Waals surface area (Å²) in [5.41, 5.74) is 6.32. The molecule has 1 atom stereocenters. The van der Waals surface area contributed by atoms with Crippen molar-refractivity contribution in [2.45, 2.75) is 26.8 Å². The topological polar surface area (TPSA) is 65.1 Å². The first-order valence-electron chi connectivity index (χ1n) is 4.92. The summed E-state index contributed by atoms with van der Waals surface area (Å²) in [5, 5.41) is 0. The van der Waals surface area contributed by atoms with Gasteiger partial charge >= 0.3 is 0 Å². The second-order valence-electron chi connectivity index (χ2n) is 3.70. The first-order chi connectivity index (χ1) is 6.99. The molecular weight excluding hydrogens is 192 g/mol. The minimum Gasteiger partial charge on any atom is -0.328 e. The van der Waals surface area contributed by atoms with E-state index in [1.165, 1.54) is 6.92 Å². The number of rotatable bonds is 3. The molecule has 0 saturated heterocycles. The second-order valence-corrected chi connectivity index (χ2v) is 3.70. The van der Waals surface area contributed by atoms with E-state index in [1.54, 1.807) is 16.7 Å². The van der Waals surface area contributed by atoms with E-state index in [1.807, 2.05) is 13.8 Å². The molecule has 0 saturated carbocycles. The summed E-state index contributed by atoms with van der Waals surface area (Å²) in [5.74, 6) is -0.210. The molecule has 82 valence electrons. The number of aryl methyl sites for hydroxylation is 1. The number of nitrogens with two attached hydrogens (primary N) is 1. The van der Waals surface area contributed by atoms with Gasteiger partial charge in [0.1, 0.15) is 0 Å². The zero-order valence-corrected chi connectivity index (χ0v) is 9.28. The van der Waals surface area contributed by atoms with Gasteiger partial charge in [-0.15, -0.1) is 0 Å². The molecule has 0 radical (unpaired) electrons. The number of ketones is 1. The standard InChI is InChI=1S/C11H16N2O2/c1-7-4-5-10(9(3)14)11(15)13(7)8(2)6-12/h4-5,8H,6,12H2,1-3H3. The molecule has 0 aromatic carbocycles. The molecule has 1 aromatic rings. The second kappa shape index (κ2) is 4.40. The van der Waals surface area contributed by atoms with Crippen LogP contribution in [-0.4, -0.2) is 16.9 Å². The zero-order chi connectivity index (χ0) is 11.6. The molecular formula is C11H16N2O2. The van der Waals surface area contributed by atoms with Crippen LogP contribution in [0.2, 0.25) is 0 Å². The minimum absolute atomic E-state index is 0.0863. The fourth-order valence-corrected chi connectivity index (χ4v) is 1.57. The van der Waals surface area contributed by atoms with Gasteiger partial charge in [0.15, 0.2) is 5.78 Å². The summed E-state index contributed by atoms with van der Waals surface area (Å²) in [6.45, 7) is 5.46. The molecule has 15 heavy (non-hydrogen) atoms. The molecule has 1 aromatic heterocycles. The largest absolute Gasteiger partial charge is 0.328 e. The van der Waals surface area contributed by atoms with Crippen LogP contribution in [0.1, 0.15) is 35.9 Å². The Morgan fingerprint density at radius 2 is 2.13 bits per heavy atom. The van der Waals surface area contributed by atoms with Gasteiger partial charge in [-0.05, 0) is 32.9 Å². The SMILES string of the molecule is CC(=O)c1ccc(C)n(C(C)CN)c1=O. The number of aromatic nitrogens is 1. The maximum absolute atomic E-state index is 11.9. The zero-order valence-electron chi connectivity index (χ0n) is 9.28. The van der Waals surface area contributed by atoms with Crippen LogP contribution in [-0.2, 0) is 0 Å². The van der Waals surface area contributed by atoms with E-state index in [0.717, 1.165) is 5.69 Å². The third-order valence-corrected chi connectivity index (χ3v) is 2.48. The number of hydrogen-bond donors (Lipinski definition) is 1. The maximum Gasteiger partial charge on any atom is 0.261 e. The van der Waals surface area contributed by atoms with E-state index < -0.39 is 0 Å². The Balaban J connectivity index is 3.44. The minimum atomic E-state index is -0.250. The Morgan fingerprint density at radius 3 is 2.60 bits per heavy atom. The van der Waals surface area contributed by atoms with Crippen molar-refractivity contribution in [1.82, 2.24) is 4.57 Å². The highest BCUT2D eigenvalue weighted by Crippen LogP contribution is 2.06. The van der Waals surface area contributed by atoms with Crippen LogP contribution in [0.3, 0.4) is 0 Å². The predicted octanol–water partition coefficient (Wildman–Crippen LogP) is 0.879. The van der Waals surface area contributed by atoms with Gasteiger partial charge in [-0.1, -0.05) is 0 Å². The van der Waals surface area contributed by atoms with Crippen LogP contribution < -0.4 is 11.3 Å². The van der Waals surface area contributed by atoms with Crippen molar-refractivity contribution < 1.29 is 4.79 Å². The average Bonchev–Trinajstić information content (AvgIpc) is 2.16. The molecule has 0 spiro atoms. The number of carbonyl (C=O) groups excluding carboxylic acids is 1. The van der Waals surface area contributed by atoms with Crippen LogP contribution in [0.4, 0.5) is 0 Å². The molecule has 0 fully saturated rings. The Morgan fingerprint density at radius 1 is 1.53 bits per heavy atom. The van der Waals surface area contributed by atoms with Crippen molar-refractivity contribution in [2.24, 2.45) is 5.73 Å². The van der Waals surface area contributed by atoms with Gasteiger partial charge in [0.2, 0.25) is 0 Å². The molecule has 1 rings (SSSR count). The summed E-state index contributed by atoms with van der Waals surface area (Å²) >= 11 is 0. The van der Waals surface area contributed by atoms with Crippen molar-refractivity contribution in [3.63, 3.8) is 0 Å². The molecule has 1 unspecified atom stereocenters. The fourth-order valence-electron chi connectivity index (χ4n) is 1.57. The molecule has 4 heteroatoms. The Kier molecular flexibility index (Phi) is 3.42. The van der Waals surface area contributed by atoms with E-state index in [4.69, 9.17) is 5.73 Å². The average molecular weight is 208 g/mol. The smallest absolute Gasteiger partial charge is 0.261 e. The van der Waals surface area contributed by atoms with E-state index in [2.05, 4.69) is 0 Å². The van der Waals surface area contributed by atoms with Gasteiger partial charge in [0.25, 0.3) is 5.56 Å². The highest BCUT2D eigenvalue weighted by atomic mass is 16.1. The van der Waals surface area contributed by atoms with E-state index in [9.17, 15) is 9.59 Å². The van der Waals surface area contributed by atoms with Gasteiger partial charge in [-0.3, -0.25) is 9.59 Å². The summed E-state index contributed by atoms with van der Waals surface area (Å²) in [6, 6.07) is 3.25. The lowest BCUT2D eigenvalue weighted by Gasteiger charge is -2.16. The Hall–Kier alpha value is -1.42. The van der Waals surface area contributed by atoms with Crippen molar-refractivity contribution in [3.8, 4) is 0 Å². The number of pyridine rings is 1. The third kappa shape index (κ3) is 2.15. The van der Waals surface area contributed by atoms with Crippen molar-refractivity contribution >= 4 is 5.78 Å². The summed E-state index contributed by atoms with van der Waals surface area (Å²) < 4.78 is 1.57. The van der Waals surface area contributed by atoms with E-state index in [-0.39, 0.29) is 22.9 Å². The van der Waals surface area contributed by atoms with Crippen LogP contribution >= 0.6 is 0 Å². The number of nitrogens with zero attached hydrogens (tertiary/aromatic N) is 1.